The molecule has 0 aromatic rings. The van der Waals surface area contributed by atoms with Crippen LogP contribution in [0, 0.1) is 5.41 Å². The Hall–Kier alpha value is -0.570. The summed E-state index contributed by atoms with van der Waals surface area (Å²) in [6.45, 7) is 9.90. The third-order valence-electron chi connectivity index (χ3n) is 2.80. The highest BCUT2D eigenvalue weighted by atomic mass is 16.2. The number of hydrogen-bond acceptors (Lipinski definition) is 2. The number of amides is 1. The molecular formula is C10H22N2O. The van der Waals surface area contributed by atoms with Gasteiger partial charge in [-0.05, 0) is 27.2 Å². The zero-order chi connectivity index (χ0) is 10.5. The van der Waals surface area contributed by atoms with Crippen LogP contribution in [0.1, 0.15) is 34.1 Å². The number of hydrogen-bond donors (Lipinski definition) is 1. The van der Waals surface area contributed by atoms with Crippen LogP contribution in [0.3, 0.4) is 0 Å². The van der Waals surface area contributed by atoms with Crippen LogP contribution in [0.2, 0.25) is 0 Å². The molecule has 2 N–H and O–H groups in total. The van der Waals surface area contributed by atoms with Gasteiger partial charge in [0.1, 0.15) is 0 Å². The van der Waals surface area contributed by atoms with Gasteiger partial charge in [0.2, 0.25) is 5.91 Å². The maximum atomic E-state index is 11.9. The first-order chi connectivity index (χ1) is 6.05. The van der Waals surface area contributed by atoms with Crippen molar-refractivity contribution in [3.05, 3.63) is 0 Å². The SMILES string of the molecule is CCN(CC)C(=O)C(C)(CC)CN. The number of nitrogens with two attached hydrogens (primary N) is 1. The summed E-state index contributed by atoms with van der Waals surface area (Å²) in [7, 11) is 0. The third kappa shape index (κ3) is 2.69. The van der Waals surface area contributed by atoms with Crippen molar-refractivity contribution in [3.8, 4) is 0 Å². The number of rotatable bonds is 5. The van der Waals surface area contributed by atoms with Gasteiger partial charge in [0.25, 0.3) is 0 Å². The van der Waals surface area contributed by atoms with Crippen molar-refractivity contribution in [2.75, 3.05) is 19.6 Å². The fraction of sp³-hybridized carbons (Fsp3) is 0.900. The maximum absolute atomic E-state index is 11.9. The molecule has 0 heterocycles. The predicted molar refractivity (Wildman–Crippen MR) is 55.4 cm³/mol. The van der Waals surface area contributed by atoms with Gasteiger partial charge >= 0.3 is 0 Å². The van der Waals surface area contributed by atoms with Crippen molar-refractivity contribution in [2.45, 2.75) is 34.1 Å². The summed E-state index contributed by atoms with van der Waals surface area (Å²) >= 11 is 0. The van der Waals surface area contributed by atoms with Gasteiger partial charge in [-0.2, -0.15) is 0 Å². The Balaban J connectivity index is 4.53. The first-order valence-corrected chi connectivity index (χ1v) is 5.05. The summed E-state index contributed by atoms with van der Waals surface area (Å²) in [5.74, 6) is 0.183. The van der Waals surface area contributed by atoms with Gasteiger partial charge in [-0.1, -0.05) is 6.92 Å². The van der Waals surface area contributed by atoms with Crippen LogP contribution in [0.4, 0.5) is 0 Å². The first kappa shape index (κ1) is 12.4. The minimum Gasteiger partial charge on any atom is -0.343 e. The molecule has 1 atom stereocenters. The number of carbonyl (C=O) groups is 1. The van der Waals surface area contributed by atoms with E-state index in [-0.39, 0.29) is 11.3 Å². The average molecular weight is 186 g/mol. The highest BCUT2D eigenvalue weighted by Crippen LogP contribution is 2.22. The molecular weight excluding hydrogens is 164 g/mol. The van der Waals surface area contributed by atoms with E-state index in [0.717, 1.165) is 19.5 Å². The van der Waals surface area contributed by atoms with E-state index >= 15 is 0 Å². The minimum absolute atomic E-state index is 0.183. The second-order valence-corrected chi connectivity index (χ2v) is 3.60. The van der Waals surface area contributed by atoms with Gasteiger partial charge in [-0.15, -0.1) is 0 Å². The zero-order valence-electron chi connectivity index (χ0n) is 9.26. The minimum atomic E-state index is -0.369. The standard InChI is InChI=1S/C10H22N2O/c1-5-10(4,8-11)9(13)12(6-2)7-3/h5-8,11H2,1-4H3. The first-order valence-electron chi connectivity index (χ1n) is 5.05. The lowest BCUT2D eigenvalue weighted by Crippen LogP contribution is -2.45. The monoisotopic (exact) mass is 186 g/mol. The summed E-state index contributed by atoms with van der Waals surface area (Å²) in [5.41, 5.74) is 5.25. The Morgan fingerprint density at radius 3 is 2.00 bits per heavy atom. The molecule has 3 heteroatoms. The molecule has 78 valence electrons. The van der Waals surface area contributed by atoms with Crippen LogP contribution in [-0.2, 0) is 4.79 Å². The van der Waals surface area contributed by atoms with Crippen LogP contribution in [0.5, 0.6) is 0 Å². The van der Waals surface area contributed by atoms with E-state index in [0.29, 0.717) is 6.54 Å². The van der Waals surface area contributed by atoms with Crippen LogP contribution < -0.4 is 5.73 Å². The summed E-state index contributed by atoms with van der Waals surface area (Å²) in [5, 5.41) is 0. The number of carbonyl (C=O) groups excluding carboxylic acids is 1. The van der Waals surface area contributed by atoms with Crippen molar-refractivity contribution in [2.24, 2.45) is 11.1 Å². The third-order valence-corrected chi connectivity index (χ3v) is 2.80. The molecule has 3 nitrogen and oxygen atoms in total. The molecule has 0 aliphatic carbocycles. The topological polar surface area (TPSA) is 46.3 Å². The van der Waals surface area contributed by atoms with Gasteiger partial charge in [0, 0.05) is 19.6 Å². The van der Waals surface area contributed by atoms with E-state index in [9.17, 15) is 4.79 Å². The highest BCUT2D eigenvalue weighted by Gasteiger charge is 2.32. The van der Waals surface area contributed by atoms with Gasteiger partial charge in [-0.25, -0.2) is 0 Å². The van der Waals surface area contributed by atoms with Gasteiger partial charge in [0.05, 0.1) is 5.41 Å². The van der Waals surface area contributed by atoms with Crippen LogP contribution in [0.15, 0.2) is 0 Å². The Morgan fingerprint density at radius 1 is 1.31 bits per heavy atom. The smallest absolute Gasteiger partial charge is 0.229 e. The van der Waals surface area contributed by atoms with Crippen LogP contribution in [-0.4, -0.2) is 30.4 Å². The average Bonchev–Trinajstić information content (AvgIpc) is 2.18. The van der Waals surface area contributed by atoms with E-state index in [4.69, 9.17) is 5.73 Å². The molecule has 13 heavy (non-hydrogen) atoms. The second-order valence-electron chi connectivity index (χ2n) is 3.60. The Morgan fingerprint density at radius 2 is 1.77 bits per heavy atom. The molecule has 0 aromatic heterocycles. The van der Waals surface area contributed by atoms with E-state index in [1.165, 1.54) is 0 Å². The Kier molecular flexibility index (Phi) is 4.99. The molecule has 0 saturated carbocycles. The lowest BCUT2D eigenvalue weighted by atomic mass is 9.86. The summed E-state index contributed by atoms with van der Waals surface area (Å²) < 4.78 is 0. The van der Waals surface area contributed by atoms with E-state index in [1.54, 1.807) is 0 Å². The quantitative estimate of drug-likeness (QED) is 0.702. The normalized spacial score (nSPS) is 15.2. The van der Waals surface area contributed by atoms with Gasteiger partial charge < -0.3 is 10.6 Å². The molecule has 0 aromatic carbocycles. The van der Waals surface area contributed by atoms with Crippen molar-refractivity contribution in [1.82, 2.24) is 4.90 Å². The summed E-state index contributed by atoms with van der Waals surface area (Å²) in [4.78, 5) is 13.8. The maximum Gasteiger partial charge on any atom is 0.229 e. The fourth-order valence-corrected chi connectivity index (χ4v) is 1.28. The van der Waals surface area contributed by atoms with Crippen molar-refractivity contribution in [3.63, 3.8) is 0 Å². The van der Waals surface area contributed by atoms with E-state index in [2.05, 4.69) is 0 Å². The van der Waals surface area contributed by atoms with Crippen molar-refractivity contribution < 1.29 is 4.79 Å². The molecule has 0 spiro atoms. The lowest BCUT2D eigenvalue weighted by molar-refractivity contribution is -0.140. The molecule has 0 aliphatic heterocycles. The Labute approximate surface area is 81.3 Å². The molecule has 0 bridgehead atoms. The molecule has 1 amide bonds. The zero-order valence-corrected chi connectivity index (χ0v) is 9.26. The van der Waals surface area contributed by atoms with Crippen molar-refractivity contribution in [1.29, 1.82) is 0 Å². The lowest BCUT2D eigenvalue weighted by Gasteiger charge is -2.31. The van der Waals surface area contributed by atoms with E-state index in [1.807, 2.05) is 32.6 Å². The molecule has 0 aliphatic rings. The number of nitrogens with zero attached hydrogens (tertiary/aromatic N) is 1. The van der Waals surface area contributed by atoms with Gasteiger partial charge in [0.15, 0.2) is 0 Å². The predicted octanol–water partition coefficient (Wildman–Crippen LogP) is 1.23. The molecule has 0 rings (SSSR count). The molecule has 0 fully saturated rings. The van der Waals surface area contributed by atoms with Crippen LogP contribution >= 0.6 is 0 Å². The van der Waals surface area contributed by atoms with E-state index < -0.39 is 0 Å². The van der Waals surface area contributed by atoms with Crippen molar-refractivity contribution >= 4 is 5.91 Å². The van der Waals surface area contributed by atoms with Gasteiger partial charge in [-0.3, -0.25) is 4.79 Å². The Bertz CT molecular complexity index is 160. The molecule has 0 saturated heterocycles. The highest BCUT2D eigenvalue weighted by molar-refractivity contribution is 5.82. The molecule has 1 unspecified atom stereocenters. The van der Waals surface area contributed by atoms with Crippen LogP contribution in [0.25, 0.3) is 0 Å². The summed E-state index contributed by atoms with van der Waals surface area (Å²) in [6, 6.07) is 0. The molecule has 0 radical (unpaired) electrons. The largest absolute Gasteiger partial charge is 0.343 e. The fourth-order valence-electron chi connectivity index (χ4n) is 1.28. The second kappa shape index (κ2) is 5.22. The summed E-state index contributed by atoms with van der Waals surface area (Å²) in [6.07, 6.45) is 0.804.